The summed E-state index contributed by atoms with van der Waals surface area (Å²) in [6, 6.07) is 12.4. The van der Waals surface area contributed by atoms with Crippen molar-refractivity contribution in [1.82, 2.24) is 0 Å². The van der Waals surface area contributed by atoms with Crippen LogP contribution < -0.4 is 5.32 Å². The highest BCUT2D eigenvalue weighted by atomic mass is 16.5. The highest BCUT2D eigenvalue weighted by Crippen LogP contribution is 2.25. The van der Waals surface area contributed by atoms with Crippen LogP contribution in [-0.2, 0) is 20.7 Å². The maximum atomic E-state index is 12.3. The van der Waals surface area contributed by atoms with Crippen LogP contribution >= 0.6 is 0 Å². The zero-order valence-electron chi connectivity index (χ0n) is 15.9. The third-order valence-electron chi connectivity index (χ3n) is 4.56. The molecule has 0 aliphatic rings. The molecule has 6 heteroatoms. The Hall–Kier alpha value is -3.59. The lowest BCUT2D eigenvalue weighted by Gasteiger charge is -2.13. The average Bonchev–Trinajstić information content (AvgIpc) is 3.04. The quantitative estimate of drug-likeness (QED) is 0.679. The number of rotatable bonds is 5. The monoisotopic (exact) mass is 376 g/mol. The molecule has 6 nitrogen and oxygen atoms in total. The van der Waals surface area contributed by atoms with E-state index in [9.17, 15) is 9.59 Å². The van der Waals surface area contributed by atoms with Crippen LogP contribution in [0.15, 0.2) is 47.1 Å². The molecule has 0 spiro atoms. The Kier molecular flexibility index (Phi) is 5.46. The van der Waals surface area contributed by atoms with Crippen LogP contribution in [0.2, 0.25) is 0 Å². The summed E-state index contributed by atoms with van der Waals surface area (Å²) in [7, 11) is 0. The Bertz CT molecular complexity index is 1070. The minimum Gasteiger partial charge on any atom is -0.464 e. The van der Waals surface area contributed by atoms with E-state index in [0.717, 1.165) is 27.7 Å². The third kappa shape index (κ3) is 4.21. The van der Waals surface area contributed by atoms with E-state index in [1.807, 2.05) is 32.0 Å². The lowest BCUT2D eigenvalue weighted by molar-refractivity contribution is -0.152. The van der Waals surface area contributed by atoms with E-state index in [4.69, 9.17) is 14.4 Å². The van der Waals surface area contributed by atoms with Gasteiger partial charge in [-0.3, -0.25) is 9.59 Å². The van der Waals surface area contributed by atoms with Gasteiger partial charge in [0, 0.05) is 16.6 Å². The zero-order valence-corrected chi connectivity index (χ0v) is 15.9. The summed E-state index contributed by atoms with van der Waals surface area (Å²) in [5.74, 6) is -0.954. The number of ether oxygens (including phenoxy) is 1. The van der Waals surface area contributed by atoms with Crippen molar-refractivity contribution in [1.29, 1.82) is 5.26 Å². The number of furan rings is 1. The molecule has 1 N–H and O–H groups in total. The Labute approximate surface area is 162 Å². The SMILES string of the molecule is Cc1cc2occ(CC(=O)O[C@@H](C)C(=O)Nc3ccc(C#N)cc3)c2cc1C. The summed E-state index contributed by atoms with van der Waals surface area (Å²) in [6.07, 6.45) is 0.612. The number of esters is 1. The summed E-state index contributed by atoms with van der Waals surface area (Å²) in [5, 5.41) is 12.3. The molecule has 0 bridgehead atoms. The van der Waals surface area contributed by atoms with Crippen LogP contribution in [0.4, 0.5) is 5.69 Å². The number of carbonyl (C=O) groups excluding carboxylic acids is 2. The van der Waals surface area contributed by atoms with Gasteiger partial charge >= 0.3 is 5.97 Å². The normalized spacial score (nSPS) is 11.6. The number of anilines is 1. The second kappa shape index (κ2) is 7.97. The van der Waals surface area contributed by atoms with Crippen molar-refractivity contribution < 1.29 is 18.7 Å². The van der Waals surface area contributed by atoms with E-state index >= 15 is 0 Å². The Balaban J connectivity index is 1.61. The number of nitrogens with zero attached hydrogens (tertiary/aromatic N) is 1. The lowest BCUT2D eigenvalue weighted by atomic mass is 10.0. The number of benzene rings is 2. The molecule has 0 unspecified atom stereocenters. The van der Waals surface area contributed by atoms with Crippen molar-refractivity contribution in [3.05, 3.63) is 64.9 Å². The fraction of sp³-hybridized carbons (Fsp3) is 0.227. The van der Waals surface area contributed by atoms with E-state index in [0.29, 0.717) is 11.3 Å². The molecule has 0 radical (unpaired) electrons. The highest BCUT2D eigenvalue weighted by molar-refractivity contribution is 5.95. The molecule has 142 valence electrons. The maximum Gasteiger partial charge on any atom is 0.311 e. The largest absolute Gasteiger partial charge is 0.464 e. The first-order valence-electron chi connectivity index (χ1n) is 8.85. The first kappa shape index (κ1) is 19.2. The van der Waals surface area contributed by atoms with Crippen LogP contribution in [0.1, 0.15) is 29.2 Å². The number of nitriles is 1. The summed E-state index contributed by atoms with van der Waals surface area (Å²) in [6.45, 7) is 5.51. The standard InChI is InChI=1S/C22H20N2O4/c1-13-8-19-17(12-27-20(19)9-14(13)2)10-21(25)28-15(3)22(26)24-18-6-4-16(11-23)5-7-18/h4-9,12,15H,10H2,1-3H3,(H,24,26)/t15-/m0/s1. The van der Waals surface area contributed by atoms with E-state index in [-0.39, 0.29) is 6.42 Å². The van der Waals surface area contributed by atoms with E-state index in [1.54, 1.807) is 30.5 Å². The molecule has 2 aromatic carbocycles. The van der Waals surface area contributed by atoms with Crippen molar-refractivity contribution in [3.8, 4) is 6.07 Å². The second-order valence-corrected chi connectivity index (χ2v) is 6.68. The number of fused-ring (bicyclic) bond motifs is 1. The Morgan fingerprint density at radius 1 is 1.18 bits per heavy atom. The van der Waals surface area contributed by atoms with E-state index in [1.165, 1.54) is 6.92 Å². The van der Waals surface area contributed by atoms with Gasteiger partial charge in [-0.1, -0.05) is 0 Å². The first-order valence-corrected chi connectivity index (χ1v) is 8.85. The van der Waals surface area contributed by atoms with Gasteiger partial charge in [-0.25, -0.2) is 0 Å². The van der Waals surface area contributed by atoms with E-state index < -0.39 is 18.0 Å². The van der Waals surface area contributed by atoms with Gasteiger partial charge < -0.3 is 14.5 Å². The van der Waals surface area contributed by atoms with Crippen molar-refractivity contribution in [2.45, 2.75) is 33.3 Å². The molecule has 1 aromatic heterocycles. The van der Waals surface area contributed by atoms with Crippen LogP contribution in [0.25, 0.3) is 11.0 Å². The predicted molar refractivity (Wildman–Crippen MR) is 105 cm³/mol. The van der Waals surface area contributed by atoms with Gasteiger partial charge in [0.05, 0.1) is 24.3 Å². The third-order valence-corrected chi connectivity index (χ3v) is 4.56. The molecule has 0 fully saturated rings. The van der Waals surface area contributed by atoms with Gasteiger partial charge in [0.15, 0.2) is 6.10 Å². The Morgan fingerprint density at radius 2 is 1.86 bits per heavy atom. The smallest absolute Gasteiger partial charge is 0.311 e. The Morgan fingerprint density at radius 3 is 2.54 bits per heavy atom. The molecular formula is C22H20N2O4. The van der Waals surface area contributed by atoms with Crippen LogP contribution in [0, 0.1) is 25.2 Å². The first-order chi connectivity index (χ1) is 13.4. The molecule has 0 aliphatic heterocycles. The number of hydrogen-bond acceptors (Lipinski definition) is 5. The van der Waals surface area contributed by atoms with Crippen molar-refractivity contribution >= 4 is 28.5 Å². The molecule has 0 saturated carbocycles. The molecule has 28 heavy (non-hydrogen) atoms. The molecule has 0 aliphatic carbocycles. The molecule has 3 rings (SSSR count). The lowest BCUT2D eigenvalue weighted by Crippen LogP contribution is -2.30. The van der Waals surface area contributed by atoms with Crippen molar-refractivity contribution in [3.63, 3.8) is 0 Å². The van der Waals surface area contributed by atoms with Crippen molar-refractivity contribution in [2.75, 3.05) is 5.32 Å². The summed E-state index contributed by atoms with van der Waals surface area (Å²) in [4.78, 5) is 24.5. The van der Waals surface area contributed by atoms with Crippen molar-refractivity contribution in [2.24, 2.45) is 0 Å². The second-order valence-electron chi connectivity index (χ2n) is 6.68. The number of amides is 1. The van der Waals surface area contributed by atoms with Gasteiger partial charge in [-0.05, 0) is 68.3 Å². The number of hydrogen-bond donors (Lipinski definition) is 1. The average molecular weight is 376 g/mol. The van der Waals surface area contributed by atoms with Gasteiger partial charge in [0.25, 0.3) is 5.91 Å². The van der Waals surface area contributed by atoms with Gasteiger partial charge in [0.2, 0.25) is 0 Å². The molecule has 1 amide bonds. The molecular weight excluding hydrogens is 356 g/mol. The fourth-order valence-corrected chi connectivity index (χ4v) is 2.79. The molecule has 3 aromatic rings. The van der Waals surface area contributed by atoms with Crippen LogP contribution in [0.3, 0.4) is 0 Å². The van der Waals surface area contributed by atoms with Gasteiger partial charge in [-0.2, -0.15) is 5.26 Å². The summed E-state index contributed by atoms with van der Waals surface area (Å²) in [5.41, 5.74) is 4.69. The van der Waals surface area contributed by atoms with Crippen LogP contribution in [-0.4, -0.2) is 18.0 Å². The van der Waals surface area contributed by atoms with Gasteiger partial charge in [0.1, 0.15) is 5.58 Å². The maximum absolute atomic E-state index is 12.3. The predicted octanol–water partition coefficient (Wildman–Crippen LogP) is 4.03. The van der Waals surface area contributed by atoms with Gasteiger partial charge in [-0.15, -0.1) is 0 Å². The minimum absolute atomic E-state index is 0.0178. The number of carbonyl (C=O) groups is 2. The van der Waals surface area contributed by atoms with Crippen LogP contribution in [0.5, 0.6) is 0 Å². The molecule has 0 saturated heterocycles. The summed E-state index contributed by atoms with van der Waals surface area (Å²) >= 11 is 0. The number of nitrogens with one attached hydrogen (secondary N) is 1. The summed E-state index contributed by atoms with van der Waals surface area (Å²) < 4.78 is 10.8. The zero-order chi connectivity index (χ0) is 20.3. The molecule has 1 atom stereocenters. The minimum atomic E-state index is -0.953. The van der Waals surface area contributed by atoms with E-state index in [2.05, 4.69) is 5.32 Å². The number of aryl methyl sites for hydroxylation is 2. The molecule has 1 heterocycles. The fourth-order valence-electron chi connectivity index (χ4n) is 2.79. The highest BCUT2D eigenvalue weighted by Gasteiger charge is 2.20. The topological polar surface area (TPSA) is 92.3 Å².